The topological polar surface area (TPSA) is 46.6 Å². The summed E-state index contributed by atoms with van der Waals surface area (Å²) < 4.78 is 5.09. The maximum atomic E-state index is 11.5. The van der Waals surface area contributed by atoms with E-state index >= 15 is 0 Å². The van der Waals surface area contributed by atoms with Gasteiger partial charge in [-0.1, -0.05) is 6.08 Å². The predicted octanol–water partition coefficient (Wildman–Crippen LogP) is 1.71. The maximum absolute atomic E-state index is 11.5. The van der Waals surface area contributed by atoms with Crippen molar-refractivity contribution in [1.29, 1.82) is 0 Å². The third-order valence-corrected chi connectivity index (χ3v) is 1.75. The van der Waals surface area contributed by atoms with E-state index < -0.39 is 11.7 Å². The Hall–Kier alpha value is -1.32. The molecule has 0 aromatic carbocycles. The lowest BCUT2D eigenvalue weighted by atomic mass is 10.2. The Morgan fingerprint density at radius 1 is 1.50 bits per heavy atom. The summed E-state index contributed by atoms with van der Waals surface area (Å²) in [6.07, 6.45) is 2.47. The van der Waals surface area contributed by atoms with E-state index in [1.807, 2.05) is 0 Å². The van der Waals surface area contributed by atoms with E-state index in [1.54, 1.807) is 33.8 Å². The van der Waals surface area contributed by atoms with Gasteiger partial charge < -0.3 is 4.74 Å². The normalized spacial score (nSPS) is 21.6. The Morgan fingerprint density at radius 3 is 2.43 bits per heavy atom. The molecule has 0 unspecified atom stereocenters. The van der Waals surface area contributed by atoms with Crippen LogP contribution in [0.3, 0.4) is 0 Å². The quantitative estimate of drug-likeness (QED) is 0.594. The number of carbonyl (C=O) groups excluding carboxylic acids is 2. The molecular formula is C10H15NO3. The molecule has 1 atom stereocenters. The lowest BCUT2D eigenvalue weighted by Gasteiger charge is -2.25. The molecule has 0 fully saturated rings. The molecular weight excluding hydrogens is 182 g/mol. The van der Waals surface area contributed by atoms with Crippen LogP contribution in [0.2, 0.25) is 0 Å². The predicted molar refractivity (Wildman–Crippen MR) is 51.7 cm³/mol. The number of carbonyl (C=O) groups is 2. The summed E-state index contributed by atoms with van der Waals surface area (Å²) in [4.78, 5) is 23.9. The Bertz CT molecular complexity index is 288. The minimum atomic E-state index is -0.583. The van der Waals surface area contributed by atoms with Gasteiger partial charge in [0, 0.05) is 6.08 Å². The minimum Gasteiger partial charge on any atom is -0.443 e. The number of nitrogens with zero attached hydrogens (tertiary/aromatic N) is 1. The van der Waals surface area contributed by atoms with Gasteiger partial charge in [0.1, 0.15) is 5.60 Å². The Kier molecular flexibility index (Phi) is 2.64. The van der Waals surface area contributed by atoms with E-state index in [0.29, 0.717) is 0 Å². The number of hydrogen-bond acceptors (Lipinski definition) is 3. The fourth-order valence-corrected chi connectivity index (χ4v) is 1.16. The highest BCUT2D eigenvalue weighted by molar-refractivity contribution is 6.01. The molecule has 1 aliphatic heterocycles. The molecule has 0 aliphatic carbocycles. The summed E-state index contributed by atoms with van der Waals surface area (Å²) in [5.74, 6) is -0.313. The smallest absolute Gasteiger partial charge is 0.417 e. The lowest BCUT2D eigenvalue weighted by Crippen LogP contribution is -2.41. The molecule has 1 heterocycles. The number of rotatable bonds is 0. The van der Waals surface area contributed by atoms with E-state index in [-0.39, 0.29) is 11.9 Å². The average molecular weight is 197 g/mol. The molecule has 0 bridgehead atoms. The molecule has 0 aromatic heterocycles. The van der Waals surface area contributed by atoms with E-state index in [1.165, 1.54) is 6.08 Å². The molecule has 1 aliphatic rings. The Labute approximate surface area is 83.5 Å². The van der Waals surface area contributed by atoms with Crippen LogP contribution in [0, 0.1) is 0 Å². The highest BCUT2D eigenvalue weighted by Gasteiger charge is 2.32. The first-order valence-electron chi connectivity index (χ1n) is 4.55. The van der Waals surface area contributed by atoms with E-state index in [9.17, 15) is 9.59 Å². The van der Waals surface area contributed by atoms with Crippen LogP contribution in [-0.2, 0) is 9.53 Å². The van der Waals surface area contributed by atoms with Crippen molar-refractivity contribution in [2.45, 2.75) is 39.3 Å². The first-order chi connectivity index (χ1) is 6.31. The SMILES string of the molecule is C[C@H]1C=CC(=O)N1C(=O)OC(C)(C)C. The average Bonchev–Trinajstić information content (AvgIpc) is 2.27. The molecule has 0 N–H and O–H groups in total. The van der Waals surface area contributed by atoms with Gasteiger partial charge in [-0.05, 0) is 27.7 Å². The number of imide groups is 1. The summed E-state index contributed by atoms with van der Waals surface area (Å²) in [7, 11) is 0. The van der Waals surface area contributed by atoms with Crippen LogP contribution < -0.4 is 0 Å². The fraction of sp³-hybridized carbons (Fsp3) is 0.600. The number of amides is 2. The highest BCUT2D eigenvalue weighted by Crippen LogP contribution is 2.16. The van der Waals surface area contributed by atoms with Crippen molar-refractivity contribution in [2.24, 2.45) is 0 Å². The van der Waals surface area contributed by atoms with Gasteiger partial charge in [0.25, 0.3) is 5.91 Å². The zero-order valence-corrected chi connectivity index (χ0v) is 8.90. The van der Waals surface area contributed by atoms with Crippen molar-refractivity contribution in [3.63, 3.8) is 0 Å². The van der Waals surface area contributed by atoms with Crippen molar-refractivity contribution in [3.8, 4) is 0 Å². The molecule has 1 rings (SSSR count). The second kappa shape index (κ2) is 3.44. The number of ether oxygens (including phenoxy) is 1. The number of hydrogen-bond donors (Lipinski definition) is 0. The van der Waals surface area contributed by atoms with Crippen molar-refractivity contribution in [1.82, 2.24) is 4.90 Å². The van der Waals surface area contributed by atoms with Crippen LogP contribution in [0.1, 0.15) is 27.7 Å². The van der Waals surface area contributed by atoms with Crippen LogP contribution in [-0.4, -0.2) is 28.5 Å². The van der Waals surface area contributed by atoms with Crippen LogP contribution in [0.25, 0.3) is 0 Å². The molecule has 0 spiro atoms. The van der Waals surface area contributed by atoms with Crippen molar-refractivity contribution in [3.05, 3.63) is 12.2 Å². The van der Waals surface area contributed by atoms with E-state index in [4.69, 9.17) is 4.74 Å². The van der Waals surface area contributed by atoms with Crippen LogP contribution in [0.4, 0.5) is 4.79 Å². The van der Waals surface area contributed by atoms with Gasteiger partial charge in [-0.15, -0.1) is 0 Å². The summed E-state index contributed by atoms with van der Waals surface area (Å²) in [6.45, 7) is 7.07. The minimum absolute atomic E-state index is 0.211. The van der Waals surface area contributed by atoms with Gasteiger partial charge >= 0.3 is 6.09 Å². The first kappa shape index (κ1) is 10.8. The summed E-state index contributed by atoms with van der Waals surface area (Å²) in [6, 6.07) is -0.211. The molecule has 2 amide bonds. The molecule has 14 heavy (non-hydrogen) atoms. The second-order valence-corrected chi connectivity index (χ2v) is 4.29. The Morgan fingerprint density at radius 2 is 2.07 bits per heavy atom. The first-order valence-corrected chi connectivity index (χ1v) is 4.55. The highest BCUT2D eigenvalue weighted by atomic mass is 16.6. The third-order valence-electron chi connectivity index (χ3n) is 1.75. The summed E-state index contributed by atoms with van der Waals surface area (Å²) in [5, 5.41) is 0. The van der Waals surface area contributed by atoms with Crippen molar-refractivity contribution < 1.29 is 14.3 Å². The van der Waals surface area contributed by atoms with Crippen LogP contribution in [0.5, 0.6) is 0 Å². The lowest BCUT2D eigenvalue weighted by molar-refractivity contribution is -0.125. The molecule has 4 nitrogen and oxygen atoms in total. The van der Waals surface area contributed by atoms with Gasteiger partial charge in [-0.2, -0.15) is 0 Å². The van der Waals surface area contributed by atoms with Crippen molar-refractivity contribution in [2.75, 3.05) is 0 Å². The summed E-state index contributed by atoms with van der Waals surface area (Å²) >= 11 is 0. The summed E-state index contributed by atoms with van der Waals surface area (Å²) in [5.41, 5.74) is -0.570. The molecule has 0 saturated heterocycles. The van der Waals surface area contributed by atoms with Crippen LogP contribution in [0.15, 0.2) is 12.2 Å². The molecule has 4 heteroatoms. The van der Waals surface area contributed by atoms with Gasteiger partial charge in [0.15, 0.2) is 0 Å². The van der Waals surface area contributed by atoms with Gasteiger partial charge in [0.2, 0.25) is 0 Å². The monoisotopic (exact) mass is 197 g/mol. The standard InChI is InChI=1S/C10H15NO3/c1-7-5-6-8(12)11(7)9(13)14-10(2,3)4/h5-7H,1-4H3/t7-/m0/s1. The molecule has 78 valence electrons. The second-order valence-electron chi connectivity index (χ2n) is 4.29. The van der Waals surface area contributed by atoms with Gasteiger partial charge in [-0.25, -0.2) is 9.69 Å². The Balaban J connectivity index is 2.67. The zero-order valence-electron chi connectivity index (χ0n) is 8.90. The fourth-order valence-electron chi connectivity index (χ4n) is 1.16. The molecule has 0 aromatic rings. The van der Waals surface area contributed by atoms with Crippen molar-refractivity contribution >= 4 is 12.0 Å². The zero-order chi connectivity index (χ0) is 10.9. The largest absolute Gasteiger partial charge is 0.443 e. The van der Waals surface area contributed by atoms with E-state index in [0.717, 1.165) is 4.90 Å². The van der Waals surface area contributed by atoms with Gasteiger partial charge in [0.05, 0.1) is 6.04 Å². The molecule has 0 radical (unpaired) electrons. The van der Waals surface area contributed by atoms with Gasteiger partial charge in [-0.3, -0.25) is 4.79 Å². The maximum Gasteiger partial charge on any atom is 0.417 e. The van der Waals surface area contributed by atoms with E-state index in [2.05, 4.69) is 0 Å². The third kappa shape index (κ3) is 2.34. The molecule has 0 saturated carbocycles. The van der Waals surface area contributed by atoms with Crippen LogP contribution >= 0.6 is 0 Å².